The van der Waals surface area contributed by atoms with Gasteiger partial charge in [-0.05, 0) is 63.7 Å². The van der Waals surface area contributed by atoms with Crippen LogP contribution in [0.25, 0.3) is 0 Å². The van der Waals surface area contributed by atoms with E-state index >= 15 is 0 Å². The summed E-state index contributed by atoms with van der Waals surface area (Å²) in [5, 5.41) is 8.36. The van der Waals surface area contributed by atoms with E-state index in [1.165, 1.54) is 12.8 Å². The molecule has 0 spiro atoms. The van der Waals surface area contributed by atoms with Crippen molar-refractivity contribution in [1.82, 2.24) is 20.0 Å². The number of hydrogen-bond donors (Lipinski definition) is 1. The fourth-order valence-corrected chi connectivity index (χ4v) is 3.59. The maximum absolute atomic E-state index is 12.7. The molecular formula is C20H27ClN4O. The van der Waals surface area contributed by atoms with Gasteiger partial charge in [0.1, 0.15) is 5.69 Å². The van der Waals surface area contributed by atoms with Gasteiger partial charge in [-0.15, -0.1) is 0 Å². The molecule has 0 aliphatic heterocycles. The third-order valence-corrected chi connectivity index (χ3v) is 5.23. The molecule has 140 valence electrons. The highest BCUT2D eigenvalue weighted by Gasteiger charge is 2.21. The molecule has 1 aromatic carbocycles. The van der Waals surface area contributed by atoms with E-state index in [1.54, 1.807) is 0 Å². The van der Waals surface area contributed by atoms with Crippen LogP contribution in [-0.2, 0) is 0 Å². The minimum absolute atomic E-state index is 0.0706. The SMILES string of the molecule is CN(C)CCC(NC(=O)c1ccn(C2CCCC2)n1)c1ccc(Cl)cc1. The zero-order valence-corrected chi connectivity index (χ0v) is 16.2. The molecule has 1 aromatic heterocycles. The number of aromatic nitrogens is 2. The normalized spacial score (nSPS) is 16.2. The van der Waals surface area contributed by atoms with Gasteiger partial charge in [-0.3, -0.25) is 9.48 Å². The summed E-state index contributed by atoms with van der Waals surface area (Å²) in [7, 11) is 4.06. The van der Waals surface area contributed by atoms with E-state index in [-0.39, 0.29) is 11.9 Å². The Morgan fingerprint density at radius 3 is 2.62 bits per heavy atom. The summed E-state index contributed by atoms with van der Waals surface area (Å²) in [5.41, 5.74) is 1.54. The van der Waals surface area contributed by atoms with Gasteiger partial charge in [-0.25, -0.2) is 0 Å². The Morgan fingerprint density at radius 2 is 1.96 bits per heavy atom. The molecule has 0 bridgehead atoms. The van der Waals surface area contributed by atoms with Crippen molar-refractivity contribution in [2.24, 2.45) is 0 Å². The second-order valence-corrected chi connectivity index (χ2v) is 7.73. The molecule has 3 rings (SSSR count). The first-order valence-electron chi connectivity index (χ1n) is 9.29. The first-order chi connectivity index (χ1) is 12.5. The molecule has 2 aromatic rings. The zero-order chi connectivity index (χ0) is 18.5. The van der Waals surface area contributed by atoms with Crippen molar-refractivity contribution in [3.8, 4) is 0 Å². The van der Waals surface area contributed by atoms with Crippen LogP contribution in [0.15, 0.2) is 36.5 Å². The summed E-state index contributed by atoms with van der Waals surface area (Å²) < 4.78 is 1.96. The third-order valence-electron chi connectivity index (χ3n) is 4.98. The summed E-state index contributed by atoms with van der Waals surface area (Å²) in [4.78, 5) is 14.9. The predicted molar refractivity (Wildman–Crippen MR) is 105 cm³/mol. The molecule has 26 heavy (non-hydrogen) atoms. The second-order valence-electron chi connectivity index (χ2n) is 7.29. The van der Waals surface area contributed by atoms with E-state index < -0.39 is 0 Å². The van der Waals surface area contributed by atoms with Crippen molar-refractivity contribution in [2.45, 2.75) is 44.2 Å². The number of hydrogen-bond acceptors (Lipinski definition) is 3. The molecule has 1 fully saturated rings. The molecule has 5 nitrogen and oxygen atoms in total. The smallest absolute Gasteiger partial charge is 0.272 e. The summed E-state index contributed by atoms with van der Waals surface area (Å²) >= 11 is 6.00. The van der Waals surface area contributed by atoms with Gasteiger partial charge in [0.15, 0.2) is 0 Å². The molecule has 0 radical (unpaired) electrons. The summed E-state index contributed by atoms with van der Waals surface area (Å²) in [6.07, 6.45) is 7.55. The van der Waals surface area contributed by atoms with E-state index in [0.29, 0.717) is 16.8 Å². The minimum atomic E-state index is -0.125. The van der Waals surface area contributed by atoms with E-state index in [9.17, 15) is 4.79 Å². The van der Waals surface area contributed by atoms with Crippen LogP contribution in [0.5, 0.6) is 0 Å². The van der Waals surface area contributed by atoms with Crippen molar-refractivity contribution < 1.29 is 4.79 Å². The van der Waals surface area contributed by atoms with Crippen LogP contribution in [0.3, 0.4) is 0 Å². The average molecular weight is 375 g/mol. The average Bonchev–Trinajstić information content (AvgIpc) is 3.30. The van der Waals surface area contributed by atoms with Gasteiger partial charge in [-0.1, -0.05) is 36.6 Å². The Kier molecular flexibility index (Phi) is 6.33. The monoisotopic (exact) mass is 374 g/mol. The molecule has 6 heteroatoms. The molecular weight excluding hydrogens is 348 g/mol. The van der Waals surface area contributed by atoms with Crippen molar-refractivity contribution >= 4 is 17.5 Å². The molecule has 1 atom stereocenters. The lowest BCUT2D eigenvalue weighted by Crippen LogP contribution is -2.31. The summed E-state index contributed by atoms with van der Waals surface area (Å²) in [6, 6.07) is 9.86. The fraction of sp³-hybridized carbons (Fsp3) is 0.500. The number of carbonyl (C=O) groups is 1. The number of benzene rings is 1. The maximum Gasteiger partial charge on any atom is 0.272 e. The highest BCUT2D eigenvalue weighted by Crippen LogP contribution is 2.28. The highest BCUT2D eigenvalue weighted by molar-refractivity contribution is 6.30. The largest absolute Gasteiger partial charge is 0.344 e. The highest BCUT2D eigenvalue weighted by atomic mass is 35.5. The number of nitrogens with zero attached hydrogens (tertiary/aromatic N) is 3. The van der Waals surface area contributed by atoms with Crippen molar-refractivity contribution in [2.75, 3.05) is 20.6 Å². The Hall–Kier alpha value is -1.85. The number of halogens is 1. The fourth-order valence-electron chi connectivity index (χ4n) is 3.47. The maximum atomic E-state index is 12.7. The lowest BCUT2D eigenvalue weighted by Gasteiger charge is -2.21. The third kappa shape index (κ3) is 4.86. The number of nitrogens with one attached hydrogen (secondary N) is 1. The van der Waals surface area contributed by atoms with Gasteiger partial charge in [0.2, 0.25) is 0 Å². The minimum Gasteiger partial charge on any atom is -0.344 e. The Labute approximate surface area is 160 Å². The number of amides is 1. The van der Waals surface area contributed by atoms with E-state index in [0.717, 1.165) is 31.4 Å². The number of rotatable bonds is 7. The quantitative estimate of drug-likeness (QED) is 0.794. The topological polar surface area (TPSA) is 50.2 Å². The molecule has 1 aliphatic rings. The molecule has 0 saturated heterocycles. The Balaban J connectivity index is 1.70. The second kappa shape index (κ2) is 8.69. The van der Waals surface area contributed by atoms with Gasteiger partial charge < -0.3 is 10.2 Å². The van der Waals surface area contributed by atoms with Crippen molar-refractivity contribution in [1.29, 1.82) is 0 Å². The lowest BCUT2D eigenvalue weighted by molar-refractivity contribution is 0.0926. The van der Waals surface area contributed by atoms with Crippen LogP contribution in [0, 0.1) is 0 Å². The standard InChI is InChI=1S/C20H27ClN4O/c1-24(2)13-11-18(15-7-9-16(21)10-8-15)22-20(26)19-12-14-25(23-19)17-5-3-4-6-17/h7-10,12,14,17-18H,3-6,11,13H2,1-2H3,(H,22,26). The van der Waals surface area contributed by atoms with Gasteiger partial charge in [0.25, 0.3) is 5.91 Å². The summed E-state index contributed by atoms with van der Waals surface area (Å²) in [6.45, 7) is 0.879. The molecule has 1 N–H and O–H groups in total. The molecule has 1 unspecified atom stereocenters. The van der Waals surface area contributed by atoms with Gasteiger partial charge in [0.05, 0.1) is 12.1 Å². The van der Waals surface area contributed by atoms with Gasteiger partial charge in [-0.2, -0.15) is 5.10 Å². The number of carbonyl (C=O) groups excluding carboxylic acids is 1. The van der Waals surface area contributed by atoms with E-state index in [4.69, 9.17) is 11.6 Å². The molecule has 1 amide bonds. The van der Waals surface area contributed by atoms with Crippen LogP contribution in [0.2, 0.25) is 5.02 Å². The van der Waals surface area contributed by atoms with Crippen LogP contribution in [-0.4, -0.2) is 41.2 Å². The van der Waals surface area contributed by atoms with Gasteiger partial charge >= 0.3 is 0 Å². The first kappa shape index (κ1) is 18.9. The predicted octanol–water partition coefficient (Wildman–Crippen LogP) is 4.07. The van der Waals surface area contributed by atoms with Crippen LogP contribution in [0.4, 0.5) is 0 Å². The first-order valence-corrected chi connectivity index (χ1v) is 9.67. The van der Waals surface area contributed by atoms with Crippen LogP contribution >= 0.6 is 11.6 Å². The summed E-state index contributed by atoms with van der Waals surface area (Å²) in [5.74, 6) is -0.125. The van der Waals surface area contributed by atoms with E-state index in [2.05, 4.69) is 15.3 Å². The molecule has 1 saturated carbocycles. The van der Waals surface area contributed by atoms with Crippen LogP contribution < -0.4 is 5.32 Å². The lowest BCUT2D eigenvalue weighted by atomic mass is 10.0. The van der Waals surface area contributed by atoms with E-state index in [1.807, 2.05) is 55.3 Å². The molecule has 1 heterocycles. The zero-order valence-electron chi connectivity index (χ0n) is 15.5. The van der Waals surface area contributed by atoms with Gasteiger partial charge in [0, 0.05) is 11.2 Å². The molecule has 1 aliphatic carbocycles. The Bertz CT molecular complexity index is 720. The Morgan fingerprint density at radius 1 is 1.27 bits per heavy atom. The van der Waals surface area contributed by atoms with Crippen molar-refractivity contribution in [3.05, 3.63) is 52.8 Å². The van der Waals surface area contributed by atoms with Crippen LogP contribution in [0.1, 0.15) is 60.2 Å². The van der Waals surface area contributed by atoms with Crippen molar-refractivity contribution in [3.63, 3.8) is 0 Å².